The molecule has 19 heavy (non-hydrogen) atoms. The molecule has 104 valence electrons. The van der Waals surface area contributed by atoms with Gasteiger partial charge in [0.25, 0.3) is 5.69 Å². The highest BCUT2D eigenvalue weighted by Gasteiger charge is 2.24. The van der Waals surface area contributed by atoms with Gasteiger partial charge in [-0.25, -0.2) is 4.79 Å². The highest BCUT2D eigenvalue weighted by molar-refractivity contribution is 6.34. The Bertz CT molecular complexity index is 530. The molecule has 0 bridgehead atoms. The van der Waals surface area contributed by atoms with Crippen LogP contribution in [0.4, 0.5) is 11.4 Å². The van der Waals surface area contributed by atoms with Crippen molar-refractivity contribution in [3.63, 3.8) is 0 Å². The van der Waals surface area contributed by atoms with Crippen molar-refractivity contribution in [2.24, 2.45) is 0 Å². The van der Waals surface area contributed by atoms with E-state index >= 15 is 0 Å². The highest BCUT2D eigenvalue weighted by Crippen LogP contribution is 2.33. The average molecular weight is 289 g/mol. The van der Waals surface area contributed by atoms with Crippen LogP contribution in [0.2, 0.25) is 5.02 Å². The van der Waals surface area contributed by atoms with Crippen LogP contribution in [-0.2, 0) is 0 Å². The third-order valence-electron chi connectivity index (χ3n) is 2.37. The smallest absolute Gasteiger partial charge is 0.338 e. The number of hydrogen-bond acceptors (Lipinski definition) is 5. The van der Waals surface area contributed by atoms with Crippen LogP contribution in [0.3, 0.4) is 0 Å². The minimum absolute atomic E-state index is 0.0406. The van der Waals surface area contributed by atoms with Gasteiger partial charge >= 0.3 is 5.97 Å². The molecule has 3 N–H and O–H groups in total. The SMILES string of the molecule is CC(C)(CO)Nc1c(Cl)cc([N+](=O)[O-])cc1C(=O)O. The quantitative estimate of drug-likeness (QED) is 0.565. The second-order valence-electron chi connectivity index (χ2n) is 4.58. The fourth-order valence-electron chi connectivity index (χ4n) is 1.37. The fourth-order valence-corrected chi connectivity index (χ4v) is 1.63. The molecule has 0 aliphatic rings. The van der Waals surface area contributed by atoms with E-state index in [2.05, 4.69) is 5.32 Å². The molecule has 0 amide bonds. The maximum absolute atomic E-state index is 11.1. The molecule has 0 saturated carbocycles. The van der Waals surface area contributed by atoms with Crippen molar-refractivity contribution in [3.05, 3.63) is 32.8 Å². The number of nitrogens with zero attached hydrogens (tertiary/aromatic N) is 1. The Labute approximate surface area is 114 Å². The Balaban J connectivity index is 3.38. The molecule has 0 spiro atoms. The second-order valence-corrected chi connectivity index (χ2v) is 4.99. The van der Waals surface area contributed by atoms with Crippen LogP contribution in [0.5, 0.6) is 0 Å². The van der Waals surface area contributed by atoms with Crippen molar-refractivity contribution in [1.82, 2.24) is 0 Å². The van der Waals surface area contributed by atoms with Crippen LogP contribution in [0.1, 0.15) is 24.2 Å². The number of aliphatic hydroxyl groups excluding tert-OH is 1. The minimum Gasteiger partial charge on any atom is -0.478 e. The van der Waals surface area contributed by atoms with Gasteiger partial charge in [0.2, 0.25) is 0 Å². The third kappa shape index (κ3) is 3.55. The molecule has 0 unspecified atom stereocenters. The Kier molecular flexibility index (Phi) is 4.33. The molecule has 0 aromatic heterocycles. The normalized spacial score (nSPS) is 11.2. The first-order chi connectivity index (χ1) is 8.68. The van der Waals surface area contributed by atoms with E-state index in [4.69, 9.17) is 21.8 Å². The molecule has 0 atom stereocenters. The number of nitro groups is 1. The van der Waals surface area contributed by atoms with E-state index in [1.165, 1.54) is 0 Å². The predicted molar refractivity (Wildman–Crippen MR) is 69.9 cm³/mol. The number of halogens is 1. The van der Waals surface area contributed by atoms with Gasteiger partial charge < -0.3 is 15.5 Å². The molecule has 8 heteroatoms. The second kappa shape index (κ2) is 5.41. The molecule has 7 nitrogen and oxygen atoms in total. The maximum Gasteiger partial charge on any atom is 0.338 e. The summed E-state index contributed by atoms with van der Waals surface area (Å²) < 4.78 is 0. The summed E-state index contributed by atoms with van der Waals surface area (Å²) in [6, 6.07) is 1.98. The first-order valence-electron chi connectivity index (χ1n) is 5.28. The fraction of sp³-hybridized carbons (Fsp3) is 0.364. The number of benzene rings is 1. The van der Waals surface area contributed by atoms with Crippen molar-refractivity contribution in [2.45, 2.75) is 19.4 Å². The van der Waals surface area contributed by atoms with E-state index in [0.29, 0.717) is 0 Å². The van der Waals surface area contributed by atoms with E-state index in [0.717, 1.165) is 12.1 Å². The summed E-state index contributed by atoms with van der Waals surface area (Å²) in [6.45, 7) is 3.01. The number of carboxylic acids is 1. The van der Waals surface area contributed by atoms with Gasteiger partial charge in [-0.2, -0.15) is 0 Å². The lowest BCUT2D eigenvalue weighted by molar-refractivity contribution is -0.384. The van der Waals surface area contributed by atoms with Crippen LogP contribution < -0.4 is 5.32 Å². The largest absolute Gasteiger partial charge is 0.478 e. The minimum atomic E-state index is -1.35. The molecule has 1 aromatic rings. The molecule has 0 aliphatic heterocycles. The van der Waals surface area contributed by atoms with E-state index in [9.17, 15) is 14.9 Å². The maximum atomic E-state index is 11.1. The summed E-state index contributed by atoms with van der Waals surface area (Å²) in [7, 11) is 0. The molecule has 0 radical (unpaired) electrons. The zero-order chi connectivity index (χ0) is 14.8. The van der Waals surface area contributed by atoms with Crippen LogP contribution in [0, 0.1) is 10.1 Å². The number of anilines is 1. The van der Waals surface area contributed by atoms with Crippen LogP contribution in [0.15, 0.2) is 12.1 Å². The number of carbonyl (C=O) groups is 1. The third-order valence-corrected chi connectivity index (χ3v) is 2.67. The van der Waals surface area contributed by atoms with Crippen LogP contribution >= 0.6 is 11.6 Å². The molecule has 0 fully saturated rings. The van der Waals surface area contributed by atoms with Gasteiger partial charge in [0.15, 0.2) is 0 Å². The summed E-state index contributed by atoms with van der Waals surface area (Å²) in [6.07, 6.45) is 0. The summed E-state index contributed by atoms with van der Waals surface area (Å²) in [5.41, 5.74) is -1.50. The zero-order valence-electron chi connectivity index (χ0n) is 10.3. The van der Waals surface area contributed by atoms with Gasteiger partial charge in [-0.05, 0) is 13.8 Å². The lowest BCUT2D eigenvalue weighted by Gasteiger charge is -2.26. The molecule has 1 aromatic carbocycles. The number of nitro benzene ring substituents is 1. The van der Waals surface area contributed by atoms with Crippen molar-refractivity contribution < 1.29 is 19.9 Å². The van der Waals surface area contributed by atoms with E-state index in [1.807, 2.05) is 0 Å². The lowest BCUT2D eigenvalue weighted by atomic mass is 10.0. The molecule has 1 rings (SSSR count). The first kappa shape index (κ1) is 15.2. The van der Waals surface area contributed by atoms with Gasteiger partial charge in [0.1, 0.15) is 0 Å². The Morgan fingerprint density at radius 2 is 2.11 bits per heavy atom. The number of hydrogen-bond donors (Lipinski definition) is 3. The monoisotopic (exact) mass is 288 g/mol. The first-order valence-corrected chi connectivity index (χ1v) is 5.66. The topological polar surface area (TPSA) is 113 Å². The van der Waals surface area contributed by atoms with Gasteiger partial charge in [0, 0.05) is 12.1 Å². The Hall–Kier alpha value is -1.86. The molecular weight excluding hydrogens is 276 g/mol. The summed E-state index contributed by atoms with van der Waals surface area (Å²) in [4.78, 5) is 21.1. The van der Waals surface area contributed by atoms with Crippen LogP contribution in [-0.4, -0.2) is 33.3 Å². The summed E-state index contributed by atoms with van der Waals surface area (Å²) in [5, 5.41) is 31.6. The number of aliphatic hydroxyl groups is 1. The summed E-state index contributed by atoms with van der Waals surface area (Å²) >= 11 is 5.87. The predicted octanol–water partition coefficient (Wildman–Crippen LogP) is 2.13. The number of nitrogens with one attached hydrogen (secondary N) is 1. The van der Waals surface area contributed by atoms with E-state index in [1.54, 1.807) is 13.8 Å². The van der Waals surface area contributed by atoms with Gasteiger partial charge in [0.05, 0.1) is 33.3 Å². The highest BCUT2D eigenvalue weighted by atomic mass is 35.5. The van der Waals surface area contributed by atoms with Crippen molar-refractivity contribution in [2.75, 3.05) is 11.9 Å². The van der Waals surface area contributed by atoms with Crippen molar-refractivity contribution >= 4 is 28.9 Å². The van der Waals surface area contributed by atoms with Crippen molar-refractivity contribution in [1.29, 1.82) is 0 Å². The van der Waals surface area contributed by atoms with Crippen LogP contribution in [0.25, 0.3) is 0 Å². The van der Waals surface area contributed by atoms with E-state index < -0.39 is 22.1 Å². The summed E-state index contributed by atoms with van der Waals surface area (Å²) in [5.74, 6) is -1.35. The number of aromatic carboxylic acids is 1. The molecule has 0 heterocycles. The van der Waals surface area contributed by atoms with Gasteiger partial charge in [-0.15, -0.1) is 0 Å². The standard InChI is InChI=1S/C11H13ClN2O5/c1-11(2,5-15)13-9-7(10(16)17)3-6(14(18)19)4-8(9)12/h3-4,13,15H,5H2,1-2H3,(H,16,17). The molecule has 0 aliphatic carbocycles. The Morgan fingerprint density at radius 1 is 1.53 bits per heavy atom. The molecule has 0 saturated heterocycles. The van der Waals surface area contributed by atoms with E-state index in [-0.39, 0.29) is 22.9 Å². The molecular formula is C11H13ClN2O5. The average Bonchev–Trinajstić information content (AvgIpc) is 2.30. The zero-order valence-corrected chi connectivity index (χ0v) is 11.1. The lowest BCUT2D eigenvalue weighted by Crippen LogP contribution is -2.35. The van der Waals surface area contributed by atoms with Crippen molar-refractivity contribution in [3.8, 4) is 0 Å². The van der Waals surface area contributed by atoms with Gasteiger partial charge in [-0.3, -0.25) is 10.1 Å². The number of non-ortho nitro benzene ring substituents is 1. The van der Waals surface area contributed by atoms with Gasteiger partial charge in [-0.1, -0.05) is 11.6 Å². The number of carboxylic acid groups (broad SMARTS) is 1. The Morgan fingerprint density at radius 3 is 2.53 bits per heavy atom. The number of rotatable bonds is 5.